The van der Waals surface area contributed by atoms with Crippen LogP contribution in [0.1, 0.15) is 6.42 Å². The Labute approximate surface area is 74.3 Å². The predicted octanol–water partition coefficient (Wildman–Crippen LogP) is 0.523. The first-order valence-electron chi connectivity index (χ1n) is 4.24. The summed E-state index contributed by atoms with van der Waals surface area (Å²) in [6.07, 6.45) is -2.25. The van der Waals surface area contributed by atoms with Crippen molar-refractivity contribution in [3.05, 3.63) is 0 Å². The molecule has 0 unspecified atom stereocenters. The van der Waals surface area contributed by atoms with E-state index in [-0.39, 0.29) is 30.6 Å². The number of carbonyl (C=O) groups excluding carboxylic acids is 1. The monoisotopic (exact) mass is 187 g/mol. The molecule has 0 aromatic carbocycles. The fourth-order valence-corrected chi connectivity index (χ4v) is 2.21. The Morgan fingerprint density at radius 3 is 2.77 bits per heavy atom. The fourth-order valence-electron chi connectivity index (χ4n) is 2.21. The van der Waals surface area contributed by atoms with E-state index in [4.69, 9.17) is 5.11 Å². The molecule has 0 bridgehead atoms. The number of hydrogen-bond donors (Lipinski definition) is 1. The van der Waals surface area contributed by atoms with Crippen molar-refractivity contribution in [2.75, 3.05) is 13.1 Å². The molecule has 2 rings (SSSR count). The van der Waals surface area contributed by atoms with Crippen LogP contribution in [0.3, 0.4) is 0 Å². The average Bonchev–Trinajstić information content (AvgIpc) is 2.55. The largest absolute Gasteiger partial charge is 0.465 e. The first-order chi connectivity index (χ1) is 6.09. The Balaban J connectivity index is 2.09. The van der Waals surface area contributed by atoms with E-state index in [0.29, 0.717) is 6.54 Å². The highest BCUT2D eigenvalue weighted by molar-refractivity contribution is 5.86. The van der Waals surface area contributed by atoms with Crippen LogP contribution in [0.15, 0.2) is 0 Å². The van der Waals surface area contributed by atoms with Crippen molar-refractivity contribution in [1.29, 1.82) is 0 Å². The van der Waals surface area contributed by atoms with Crippen molar-refractivity contribution in [3.63, 3.8) is 0 Å². The molecule has 1 N–H and O–H groups in total. The smallest absolute Gasteiger partial charge is 0.407 e. The Morgan fingerprint density at radius 2 is 2.23 bits per heavy atom. The zero-order valence-corrected chi connectivity index (χ0v) is 6.94. The number of Topliss-reactive ketones (excluding diaryl/α,β-unsaturated/α-hetero) is 1. The number of rotatable bonds is 0. The topological polar surface area (TPSA) is 57.6 Å². The lowest BCUT2D eigenvalue weighted by Gasteiger charge is -2.12. The third kappa shape index (κ3) is 1.18. The van der Waals surface area contributed by atoms with Gasteiger partial charge in [0.15, 0.2) is 12.0 Å². The van der Waals surface area contributed by atoms with E-state index in [1.165, 1.54) is 4.90 Å². The molecule has 1 aliphatic heterocycles. The van der Waals surface area contributed by atoms with Crippen molar-refractivity contribution >= 4 is 11.9 Å². The molecule has 1 saturated heterocycles. The Morgan fingerprint density at radius 1 is 1.54 bits per heavy atom. The van der Waals surface area contributed by atoms with Gasteiger partial charge in [-0.1, -0.05) is 0 Å². The summed E-state index contributed by atoms with van der Waals surface area (Å²) in [5.74, 6) is -0.831. The molecule has 0 radical (unpaired) electrons. The second kappa shape index (κ2) is 2.68. The molecule has 1 aliphatic carbocycles. The highest BCUT2D eigenvalue weighted by Gasteiger charge is 2.49. The molecular formula is C8H10FNO3. The SMILES string of the molecule is O=C1C[C@H]2CN(C(=O)O)C[C@H]2[C@@H]1F. The summed E-state index contributed by atoms with van der Waals surface area (Å²) < 4.78 is 13.1. The van der Waals surface area contributed by atoms with Crippen molar-refractivity contribution in [2.45, 2.75) is 12.6 Å². The van der Waals surface area contributed by atoms with Crippen LogP contribution < -0.4 is 0 Å². The number of carboxylic acid groups (broad SMARTS) is 1. The summed E-state index contributed by atoms with van der Waals surface area (Å²) in [4.78, 5) is 22.7. The lowest BCUT2D eigenvalue weighted by atomic mass is 10.0. The molecule has 1 saturated carbocycles. The number of halogens is 1. The molecule has 4 nitrogen and oxygen atoms in total. The molecule has 2 fully saturated rings. The normalized spacial score (nSPS) is 38.1. The molecule has 3 atom stereocenters. The van der Waals surface area contributed by atoms with Crippen LogP contribution >= 0.6 is 0 Å². The standard InChI is InChI=1S/C8H10FNO3/c9-7-5-3-10(8(12)13)2-4(5)1-6(7)11/h4-5,7H,1-3H2,(H,12,13)/t4-,5+,7-/m0/s1. The van der Waals surface area contributed by atoms with Crippen molar-refractivity contribution in [1.82, 2.24) is 4.90 Å². The molecule has 0 aromatic rings. The summed E-state index contributed by atoms with van der Waals surface area (Å²) in [5, 5.41) is 8.64. The summed E-state index contributed by atoms with van der Waals surface area (Å²) in [5.41, 5.74) is 0. The van der Waals surface area contributed by atoms with E-state index in [2.05, 4.69) is 0 Å². The van der Waals surface area contributed by atoms with Gasteiger partial charge in [-0.05, 0) is 5.92 Å². The lowest BCUT2D eigenvalue weighted by molar-refractivity contribution is -0.122. The maximum absolute atomic E-state index is 13.1. The van der Waals surface area contributed by atoms with Crippen LogP contribution in [-0.2, 0) is 4.79 Å². The Hall–Kier alpha value is -1.13. The quantitative estimate of drug-likeness (QED) is 0.601. The molecular weight excluding hydrogens is 177 g/mol. The predicted molar refractivity (Wildman–Crippen MR) is 41.1 cm³/mol. The minimum Gasteiger partial charge on any atom is -0.465 e. The van der Waals surface area contributed by atoms with Crippen LogP contribution in [-0.4, -0.2) is 41.1 Å². The minimum absolute atomic E-state index is 0.0846. The second-order valence-corrected chi connectivity index (χ2v) is 3.68. The van der Waals surface area contributed by atoms with Crippen LogP contribution in [0.25, 0.3) is 0 Å². The van der Waals surface area contributed by atoms with Gasteiger partial charge >= 0.3 is 6.09 Å². The number of carbonyl (C=O) groups is 2. The number of fused-ring (bicyclic) bond motifs is 1. The zero-order chi connectivity index (χ0) is 9.59. The van der Waals surface area contributed by atoms with Crippen molar-refractivity contribution in [3.8, 4) is 0 Å². The molecule has 13 heavy (non-hydrogen) atoms. The molecule has 0 aromatic heterocycles. The van der Waals surface area contributed by atoms with E-state index in [1.54, 1.807) is 0 Å². The van der Waals surface area contributed by atoms with E-state index < -0.39 is 12.3 Å². The number of alkyl halides is 1. The molecule has 0 spiro atoms. The summed E-state index contributed by atoms with van der Waals surface area (Å²) in [7, 11) is 0. The van der Waals surface area contributed by atoms with Gasteiger partial charge in [-0.25, -0.2) is 9.18 Å². The van der Waals surface area contributed by atoms with Crippen molar-refractivity contribution in [2.24, 2.45) is 11.8 Å². The van der Waals surface area contributed by atoms with Gasteiger partial charge in [0, 0.05) is 25.4 Å². The van der Waals surface area contributed by atoms with Gasteiger partial charge in [0.05, 0.1) is 0 Å². The third-order valence-electron chi connectivity index (χ3n) is 2.91. The van der Waals surface area contributed by atoms with Gasteiger partial charge in [-0.15, -0.1) is 0 Å². The summed E-state index contributed by atoms with van der Waals surface area (Å²) >= 11 is 0. The molecule has 5 heteroatoms. The Bertz CT molecular complexity index is 268. The third-order valence-corrected chi connectivity index (χ3v) is 2.91. The first kappa shape index (κ1) is 8.47. The highest BCUT2D eigenvalue weighted by Crippen LogP contribution is 2.37. The number of likely N-dealkylation sites (tertiary alicyclic amines) is 1. The average molecular weight is 187 g/mol. The maximum atomic E-state index is 13.1. The first-order valence-corrected chi connectivity index (χ1v) is 4.24. The minimum atomic E-state index is -1.44. The molecule has 2 aliphatic rings. The number of amides is 1. The maximum Gasteiger partial charge on any atom is 0.407 e. The fraction of sp³-hybridized carbons (Fsp3) is 0.750. The van der Waals surface area contributed by atoms with E-state index >= 15 is 0 Å². The van der Waals surface area contributed by atoms with Gasteiger partial charge in [0.25, 0.3) is 0 Å². The van der Waals surface area contributed by atoms with Gasteiger partial charge in [-0.2, -0.15) is 0 Å². The van der Waals surface area contributed by atoms with Crippen molar-refractivity contribution < 1.29 is 19.1 Å². The number of nitrogens with zero attached hydrogens (tertiary/aromatic N) is 1. The van der Waals surface area contributed by atoms with E-state index in [1.807, 2.05) is 0 Å². The summed E-state index contributed by atoms with van der Waals surface area (Å²) in [6.45, 7) is 0.485. The Kier molecular flexibility index (Phi) is 1.75. The molecule has 1 heterocycles. The van der Waals surface area contributed by atoms with Crippen LogP contribution in [0.2, 0.25) is 0 Å². The lowest BCUT2D eigenvalue weighted by Crippen LogP contribution is -2.30. The van der Waals surface area contributed by atoms with E-state index in [0.717, 1.165) is 0 Å². The summed E-state index contributed by atoms with van der Waals surface area (Å²) in [6, 6.07) is 0. The highest BCUT2D eigenvalue weighted by atomic mass is 19.1. The van der Waals surface area contributed by atoms with Gasteiger partial charge in [0.1, 0.15) is 0 Å². The van der Waals surface area contributed by atoms with Crippen LogP contribution in [0.4, 0.5) is 9.18 Å². The van der Waals surface area contributed by atoms with Gasteiger partial charge in [-0.3, -0.25) is 4.79 Å². The van der Waals surface area contributed by atoms with Gasteiger partial charge in [0.2, 0.25) is 0 Å². The van der Waals surface area contributed by atoms with Gasteiger partial charge < -0.3 is 10.0 Å². The molecule has 72 valence electrons. The number of ketones is 1. The zero-order valence-electron chi connectivity index (χ0n) is 6.94. The van der Waals surface area contributed by atoms with Crippen LogP contribution in [0.5, 0.6) is 0 Å². The van der Waals surface area contributed by atoms with E-state index in [9.17, 15) is 14.0 Å². The number of hydrogen-bond acceptors (Lipinski definition) is 2. The molecule has 1 amide bonds. The van der Waals surface area contributed by atoms with Crippen LogP contribution in [0, 0.1) is 11.8 Å². The second-order valence-electron chi connectivity index (χ2n) is 3.68.